The first kappa shape index (κ1) is 19.9. The predicted molar refractivity (Wildman–Crippen MR) is 110 cm³/mol. The van der Waals surface area contributed by atoms with E-state index in [1.807, 2.05) is 0 Å². The minimum absolute atomic E-state index is 0.0496. The van der Waals surface area contributed by atoms with E-state index in [1.165, 1.54) is 24.3 Å². The number of nitrogens with one attached hydrogen (secondary N) is 1. The van der Waals surface area contributed by atoms with E-state index >= 15 is 0 Å². The van der Waals surface area contributed by atoms with E-state index in [9.17, 15) is 13.9 Å². The van der Waals surface area contributed by atoms with E-state index in [0.29, 0.717) is 17.5 Å². The van der Waals surface area contributed by atoms with Crippen molar-refractivity contribution in [3.63, 3.8) is 0 Å². The summed E-state index contributed by atoms with van der Waals surface area (Å²) in [5, 5.41) is 25.8. The van der Waals surface area contributed by atoms with Gasteiger partial charge in [-0.15, -0.1) is 10.2 Å². The molecule has 4 heterocycles. The molecule has 0 unspecified atom stereocenters. The summed E-state index contributed by atoms with van der Waals surface area (Å²) in [4.78, 5) is 0. The Morgan fingerprint density at radius 1 is 1.19 bits per heavy atom. The van der Waals surface area contributed by atoms with Crippen molar-refractivity contribution in [3.8, 4) is 34.0 Å². The van der Waals surface area contributed by atoms with E-state index in [2.05, 4.69) is 20.6 Å². The maximum absolute atomic E-state index is 14.8. The maximum Gasteiger partial charge on any atom is 0.233 e. The molecule has 4 atom stereocenters. The van der Waals surface area contributed by atoms with Gasteiger partial charge in [0.1, 0.15) is 17.7 Å². The summed E-state index contributed by atoms with van der Waals surface area (Å²) < 4.78 is 36.9. The number of hydrogen-bond acceptors (Lipinski definition) is 6. The number of ether oxygens (including phenoxy) is 1. The fraction of sp³-hybridized carbons (Fsp3) is 0.409. The fourth-order valence-electron chi connectivity index (χ4n) is 4.53. The number of fused-ring (bicyclic) bond motifs is 2. The van der Waals surface area contributed by atoms with Gasteiger partial charge < -0.3 is 15.2 Å². The van der Waals surface area contributed by atoms with Gasteiger partial charge in [0.2, 0.25) is 5.88 Å². The Hall–Kier alpha value is -3.07. The molecule has 0 aliphatic carbocycles. The zero-order valence-corrected chi connectivity index (χ0v) is 17.0. The molecule has 1 aromatic carbocycles. The van der Waals surface area contributed by atoms with Crippen LogP contribution in [-0.4, -0.2) is 49.4 Å². The number of hydrogen-bond donors (Lipinski definition) is 2. The van der Waals surface area contributed by atoms with E-state index in [1.54, 1.807) is 24.1 Å². The molecule has 0 amide bonds. The normalized spacial score (nSPS) is 25.4. The van der Waals surface area contributed by atoms with Crippen LogP contribution in [-0.2, 0) is 7.05 Å². The average Bonchev–Trinajstić information content (AvgIpc) is 3.19. The Kier molecular flexibility index (Phi) is 5.05. The Balaban J connectivity index is 1.35. The number of aromatic hydroxyl groups is 1. The van der Waals surface area contributed by atoms with E-state index in [0.717, 1.165) is 19.3 Å². The van der Waals surface area contributed by atoms with Gasteiger partial charge in [-0.25, -0.2) is 8.78 Å². The molecule has 162 valence electrons. The van der Waals surface area contributed by atoms with Gasteiger partial charge in [0.05, 0.1) is 17.5 Å². The predicted octanol–water partition coefficient (Wildman–Crippen LogP) is 3.39. The summed E-state index contributed by atoms with van der Waals surface area (Å²) in [5.74, 6) is -0.697. The molecule has 0 saturated carbocycles. The Labute approximate surface area is 178 Å². The number of rotatable bonds is 4. The number of phenols is 1. The summed E-state index contributed by atoms with van der Waals surface area (Å²) in [6.45, 7) is 0. The molecular weight excluding hydrogens is 404 g/mol. The van der Waals surface area contributed by atoms with Crippen LogP contribution >= 0.6 is 0 Å². The van der Waals surface area contributed by atoms with Gasteiger partial charge in [-0.05, 0) is 36.6 Å². The highest BCUT2D eigenvalue weighted by molar-refractivity contribution is 5.74. The number of piperidine rings is 2. The molecule has 0 spiro atoms. The number of aromatic nitrogens is 4. The zero-order valence-electron chi connectivity index (χ0n) is 17.0. The summed E-state index contributed by atoms with van der Waals surface area (Å²) in [5.41, 5.74) is 1.31. The molecule has 2 saturated heterocycles. The van der Waals surface area contributed by atoms with Crippen molar-refractivity contribution in [2.24, 2.45) is 7.05 Å². The van der Waals surface area contributed by atoms with Gasteiger partial charge in [0.15, 0.2) is 6.17 Å². The lowest BCUT2D eigenvalue weighted by Crippen LogP contribution is -2.59. The molecule has 0 radical (unpaired) electrons. The smallest absolute Gasteiger partial charge is 0.233 e. The third-order valence-electron chi connectivity index (χ3n) is 6.05. The molecular formula is C22H23F2N5O2. The maximum atomic E-state index is 14.8. The standard InChI is InChI=1S/C22H23F2N5O2/c1-29-11-13(10-25-29)12-7-15(23)21(18(30)8-12)16-5-6-20(28-27-16)31-19-9-14-3-2-4-17(26-14)22(19)24/h5-8,10-11,14,17,19,22,26,30H,2-4,9H2,1H3/t14-,17+,19-,22+/m0/s1. The van der Waals surface area contributed by atoms with Crippen molar-refractivity contribution >= 4 is 0 Å². The first-order chi connectivity index (χ1) is 15.0. The number of benzene rings is 1. The van der Waals surface area contributed by atoms with E-state index in [-0.39, 0.29) is 35.0 Å². The lowest BCUT2D eigenvalue weighted by Gasteiger charge is -2.42. The number of aryl methyl sites for hydroxylation is 1. The SMILES string of the molecule is Cn1cc(-c2cc(O)c(-c3ccc(O[C@H]4C[C@@H]5CCC[C@@H](N5)[C@H]4F)nn3)c(F)c2)cn1. The summed E-state index contributed by atoms with van der Waals surface area (Å²) in [6, 6.07) is 5.89. The van der Waals surface area contributed by atoms with Crippen LogP contribution < -0.4 is 10.1 Å². The number of phenolic OH excluding ortho intramolecular Hbond substituents is 1. The quantitative estimate of drug-likeness (QED) is 0.664. The van der Waals surface area contributed by atoms with Gasteiger partial charge in [-0.2, -0.15) is 5.10 Å². The Bertz CT molecular complexity index is 1060. The average molecular weight is 427 g/mol. The molecule has 2 aromatic heterocycles. The van der Waals surface area contributed by atoms with Crippen LogP contribution in [0.1, 0.15) is 25.7 Å². The second-order valence-corrected chi connectivity index (χ2v) is 8.25. The fourth-order valence-corrected chi connectivity index (χ4v) is 4.53. The van der Waals surface area contributed by atoms with Crippen molar-refractivity contribution in [2.45, 2.75) is 50.0 Å². The summed E-state index contributed by atoms with van der Waals surface area (Å²) in [6.07, 6.45) is 5.04. The van der Waals surface area contributed by atoms with Crippen molar-refractivity contribution in [3.05, 3.63) is 42.5 Å². The Morgan fingerprint density at radius 3 is 2.77 bits per heavy atom. The number of nitrogens with zero attached hydrogens (tertiary/aromatic N) is 4. The molecule has 7 nitrogen and oxygen atoms in total. The molecule has 2 bridgehead atoms. The Morgan fingerprint density at radius 2 is 2.06 bits per heavy atom. The second kappa shape index (κ2) is 7.88. The molecule has 2 fully saturated rings. The van der Waals surface area contributed by atoms with Gasteiger partial charge in [0, 0.05) is 43.4 Å². The van der Waals surface area contributed by atoms with Crippen LogP contribution in [0.5, 0.6) is 11.6 Å². The van der Waals surface area contributed by atoms with Crippen LogP contribution in [0, 0.1) is 5.82 Å². The van der Waals surface area contributed by atoms with Crippen molar-refractivity contribution in [2.75, 3.05) is 0 Å². The van der Waals surface area contributed by atoms with Gasteiger partial charge in [0.25, 0.3) is 0 Å². The molecule has 9 heteroatoms. The van der Waals surface area contributed by atoms with Crippen LogP contribution in [0.15, 0.2) is 36.7 Å². The summed E-state index contributed by atoms with van der Waals surface area (Å²) >= 11 is 0. The molecule has 3 aromatic rings. The van der Waals surface area contributed by atoms with Gasteiger partial charge in [-0.1, -0.05) is 6.42 Å². The van der Waals surface area contributed by atoms with Crippen LogP contribution in [0.4, 0.5) is 8.78 Å². The van der Waals surface area contributed by atoms with Crippen LogP contribution in [0.2, 0.25) is 0 Å². The minimum Gasteiger partial charge on any atom is -0.507 e. The molecule has 31 heavy (non-hydrogen) atoms. The van der Waals surface area contributed by atoms with Crippen LogP contribution in [0.3, 0.4) is 0 Å². The highest BCUT2D eigenvalue weighted by Gasteiger charge is 2.41. The molecule has 2 aliphatic rings. The van der Waals surface area contributed by atoms with E-state index < -0.39 is 18.1 Å². The first-order valence-electron chi connectivity index (χ1n) is 10.4. The van der Waals surface area contributed by atoms with Crippen molar-refractivity contribution < 1.29 is 18.6 Å². The van der Waals surface area contributed by atoms with Crippen molar-refractivity contribution in [1.29, 1.82) is 0 Å². The monoisotopic (exact) mass is 427 g/mol. The molecule has 5 rings (SSSR count). The highest BCUT2D eigenvalue weighted by atomic mass is 19.1. The third-order valence-corrected chi connectivity index (χ3v) is 6.05. The van der Waals surface area contributed by atoms with Crippen LogP contribution in [0.25, 0.3) is 22.4 Å². The van der Waals surface area contributed by atoms with Gasteiger partial charge in [-0.3, -0.25) is 4.68 Å². The van der Waals surface area contributed by atoms with E-state index in [4.69, 9.17) is 4.74 Å². The zero-order chi connectivity index (χ0) is 21.5. The van der Waals surface area contributed by atoms with Gasteiger partial charge >= 0.3 is 0 Å². The lowest BCUT2D eigenvalue weighted by molar-refractivity contribution is 0.00652. The second-order valence-electron chi connectivity index (χ2n) is 8.25. The largest absolute Gasteiger partial charge is 0.507 e. The number of alkyl halides is 1. The number of halogens is 2. The third kappa shape index (κ3) is 3.85. The van der Waals surface area contributed by atoms with Crippen molar-refractivity contribution in [1.82, 2.24) is 25.3 Å². The lowest BCUT2D eigenvalue weighted by atomic mass is 9.84. The minimum atomic E-state index is -1.11. The first-order valence-corrected chi connectivity index (χ1v) is 10.4. The summed E-state index contributed by atoms with van der Waals surface area (Å²) in [7, 11) is 1.76. The molecule has 2 N–H and O–H groups in total. The highest BCUT2D eigenvalue weighted by Crippen LogP contribution is 2.36. The molecule has 2 aliphatic heterocycles. The topological polar surface area (TPSA) is 85.1 Å².